The fraction of sp³-hybridized carbons (Fsp3) is 0.227. The summed E-state index contributed by atoms with van der Waals surface area (Å²) in [6.07, 6.45) is 0.326. The quantitative estimate of drug-likeness (QED) is 0.600. The molecule has 0 spiro atoms. The second-order valence-corrected chi connectivity index (χ2v) is 6.53. The van der Waals surface area contributed by atoms with Crippen LogP contribution >= 0.6 is 0 Å². The van der Waals surface area contributed by atoms with E-state index in [1.165, 1.54) is 6.92 Å². The Morgan fingerprint density at radius 3 is 2.62 bits per heavy atom. The van der Waals surface area contributed by atoms with Crippen molar-refractivity contribution in [1.82, 2.24) is 10.3 Å². The predicted molar refractivity (Wildman–Crippen MR) is 107 cm³/mol. The third-order valence-corrected chi connectivity index (χ3v) is 4.36. The van der Waals surface area contributed by atoms with Crippen molar-refractivity contribution in [2.24, 2.45) is 0 Å². The molecule has 7 heteroatoms. The lowest BCUT2D eigenvalue weighted by molar-refractivity contribution is -0.148. The lowest BCUT2D eigenvalue weighted by atomic mass is 10.1. The van der Waals surface area contributed by atoms with Crippen molar-refractivity contribution in [1.29, 1.82) is 5.26 Å². The minimum atomic E-state index is -0.992. The van der Waals surface area contributed by atoms with E-state index < -0.39 is 24.2 Å². The van der Waals surface area contributed by atoms with Gasteiger partial charge in [-0.05, 0) is 24.1 Å². The second-order valence-electron chi connectivity index (χ2n) is 6.53. The molecule has 3 rings (SSSR count). The molecule has 0 radical (unpaired) electrons. The Hall–Kier alpha value is -3.79. The molecule has 7 nitrogen and oxygen atoms in total. The second kappa shape index (κ2) is 9.42. The zero-order chi connectivity index (χ0) is 20.6. The smallest absolute Gasteiger partial charge is 0.408 e. The van der Waals surface area contributed by atoms with Crippen LogP contribution in [0.15, 0.2) is 60.8 Å². The van der Waals surface area contributed by atoms with E-state index in [1.807, 2.05) is 60.7 Å². The summed E-state index contributed by atoms with van der Waals surface area (Å²) >= 11 is 0. The molecule has 2 aromatic carbocycles. The maximum absolute atomic E-state index is 12.5. The monoisotopic (exact) mass is 391 g/mol. The fourth-order valence-corrected chi connectivity index (χ4v) is 2.90. The Bertz CT molecular complexity index is 1020. The van der Waals surface area contributed by atoms with Crippen LogP contribution in [0.5, 0.6) is 0 Å². The summed E-state index contributed by atoms with van der Waals surface area (Å²) in [5.74, 6) is -0.694. The molecule has 0 saturated heterocycles. The van der Waals surface area contributed by atoms with Crippen LogP contribution in [0.3, 0.4) is 0 Å². The number of carbonyl (C=O) groups excluding carboxylic acids is 2. The number of aromatic nitrogens is 1. The number of ether oxygens (including phenoxy) is 2. The van der Waals surface area contributed by atoms with Crippen LogP contribution in [0.4, 0.5) is 4.79 Å². The summed E-state index contributed by atoms with van der Waals surface area (Å²) in [6, 6.07) is 17.7. The first-order chi connectivity index (χ1) is 14.1. The van der Waals surface area contributed by atoms with Crippen LogP contribution in [0.1, 0.15) is 18.1 Å². The number of nitriles is 1. The first kappa shape index (κ1) is 20.0. The van der Waals surface area contributed by atoms with Crippen molar-refractivity contribution in [3.63, 3.8) is 0 Å². The van der Waals surface area contributed by atoms with E-state index in [9.17, 15) is 9.59 Å². The van der Waals surface area contributed by atoms with Gasteiger partial charge in [0, 0.05) is 23.5 Å². The molecule has 148 valence electrons. The number of nitrogens with zero attached hydrogens (tertiary/aromatic N) is 1. The van der Waals surface area contributed by atoms with E-state index in [4.69, 9.17) is 14.7 Å². The van der Waals surface area contributed by atoms with Crippen molar-refractivity contribution in [2.45, 2.75) is 32.1 Å². The number of hydrogen-bond acceptors (Lipinski definition) is 5. The average molecular weight is 391 g/mol. The Kier molecular flexibility index (Phi) is 6.48. The van der Waals surface area contributed by atoms with Crippen LogP contribution in [-0.2, 0) is 27.3 Å². The van der Waals surface area contributed by atoms with Gasteiger partial charge in [-0.3, -0.25) is 0 Å². The molecule has 1 heterocycles. The van der Waals surface area contributed by atoms with Crippen LogP contribution in [-0.4, -0.2) is 29.2 Å². The summed E-state index contributed by atoms with van der Waals surface area (Å²) < 4.78 is 10.3. The highest BCUT2D eigenvalue weighted by atomic mass is 16.6. The predicted octanol–water partition coefficient (Wildman–Crippen LogP) is 3.46. The van der Waals surface area contributed by atoms with E-state index >= 15 is 0 Å². The highest BCUT2D eigenvalue weighted by Gasteiger charge is 2.26. The minimum Gasteiger partial charge on any atom is -0.446 e. The van der Waals surface area contributed by atoms with Crippen LogP contribution in [0.25, 0.3) is 10.9 Å². The van der Waals surface area contributed by atoms with E-state index in [2.05, 4.69) is 10.3 Å². The standard InChI is InChI=1S/C22H21N3O4/c1-15(12-23)29-21(26)20(11-17-13-24-19-10-6-5-9-18(17)19)25-22(27)28-14-16-7-3-2-4-8-16/h2-10,13,15,20,24H,11,14H2,1H3,(H,25,27)/t15-,20-/m0/s1. The highest BCUT2D eigenvalue weighted by molar-refractivity contribution is 5.86. The molecule has 0 aliphatic heterocycles. The van der Waals surface area contributed by atoms with Crippen molar-refractivity contribution < 1.29 is 19.1 Å². The number of nitrogens with one attached hydrogen (secondary N) is 2. The van der Waals surface area contributed by atoms with Gasteiger partial charge in [-0.1, -0.05) is 48.5 Å². The number of benzene rings is 2. The van der Waals surface area contributed by atoms with Gasteiger partial charge in [0.2, 0.25) is 0 Å². The number of alkyl carbamates (subject to hydrolysis) is 1. The highest BCUT2D eigenvalue weighted by Crippen LogP contribution is 2.19. The Labute approximate surface area is 168 Å². The average Bonchev–Trinajstić information content (AvgIpc) is 3.15. The largest absolute Gasteiger partial charge is 0.446 e. The van der Waals surface area contributed by atoms with Gasteiger partial charge in [0.05, 0.1) is 0 Å². The van der Waals surface area contributed by atoms with Crippen LogP contribution in [0, 0.1) is 11.3 Å². The maximum Gasteiger partial charge on any atom is 0.408 e. The van der Waals surface area contributed by atoms with Gasteiger partial charge in [-0.15, -0.1) is 0 Å². The van der Waals surface area contributed by atoms with Gasteiger partial charge < -0.3 is 19.8 Å². The first-order valence-electron chi connectivity index (χ1n) is 9.19. The zero-order valence-electron chi connectivity index (χ0n) is 15.9. The van der Waals surface area contributed by atoms with E-state index in [0.29, 0.717) is 0 Å². The van der Waals surface area contributed by atoms with Gasteiger partial charge >= 0.3 is 12.1 Å². The van der Waals surface area contributed by atoms with Crippen molar-refractivity contribution in [3.8, 4) is 6.07 Å². The number of hydrogen-bond donors (Lipinski definition) is 2. The zero-order valence-corrected chi connectivity index (χ0v) is 15.9. The molecule has 0 saturated carbocycles. The van der Waals surface area contributed by atoms with Gasteiger partial charge in [0.25, 0.3) is 0 Å². The van der Waals surface area contributed by atoms with Gasteiger partial charge in [0.15, 0.2) is 6.10 Å². The lowest BCUT2D eigenvalue weighted by Crippen LogP contribution is -2.44. The molecule has 2 atom stereocenters. The molecule has 0 fully saturated rings. The molecule has 1 aromatic heterocycles. The number of carbonyl (C=O) groups is 2. The Morgan fingerprint density at radius 1 is 1.14 bits per heavy atom. The van der Waals surface area contributed by atoms with E-state index in [0.717, 1.165) is 22.0 Å². The van der Waals surface area contributed by atoms with Crippen LogP contribution < -0.4 is 5.32 Å². The van der Waals surface area contributed by atoms with Gasteiger partial charge in [0.1, 0.15) is 18.7 Å². The van der Waals surface area contributed by atoms with E-state index in [1.54, 1.807) is 6.20 Å². The molecule has 0 aliphatic carbocycles. The number of rotatable bonds is 7. The summed E-state index contributed by atoms with van der Waals surface area (Å²) in [5.41, 5.74) is 2.60. The van der Waals surface area contributed by atoms with Crippen molar-refractivity contribution in [3.05, 3.63) is 71.9 Å². The molecular formula is C22H21N3O4. The van der Waals surface area contributed by atoms with E-state index in [-0.39, 0.29) is 13.0 Å². The van der Waals surface area contributed by atoms with Gasteiger partial charge in [-0.25, -0.2) is 9.59 Å². The molecule has 0 aliphatic rings. The normalized spacial score (nSPS) is 12.6. The fourth-order valence-electron chi connectivity index (χ4n) is 2.90. The van der Waals surface area contributed by atoms with Crippen LogP contribution in [0.2, 0.25) is 0 Å². The number of H-pyrrole nitrogens is 1. The Morgan fingerprint density at radius 2 is 1.86 bits per heavy atom. The number of fused-ring (bicyclic) bond motifs is 1. The first-order valence-corrected chi connectivity index (χ1v) is 9.19. The molecule has 2 N–H and O–H groups in total. The number of aromatic amines is 1. The summed E-state index contributed by atoms with van der Waals surface area (Å²) in [5, 5.41) is 12.4. The van der Waals surface area contributed by atoms with Crippen molar-refractivity contribution in [2.75, 3.05) is 0 Å². The summed E-state index contributed by atoms with van der Waals surface area (Å²) in [4.78, 5) is 27.9. The number of amides is 1. The molecular weight excluding hydrogens is 370 g/mol. The third kappa shape index (κ3) is 5.36. The number of para-hydroxylation sites is 1. The Balaban J connectivity index is 1.71. The lowest BCUT2D eigenvalue weighted by Gasteiger charge is -2.18. The number of esters is 1. The minimum absolute atomic E-state index is 0.0795. The molecule has 29 heavy (non-hydrogen) atoms. The topological polar surface area (TPSA) is 104 Å². The SMILES string of the molecule is C[C@@H](C#N)OC(=O)[C@H](Cc1c[nH]c2ccccc12)NC(=O)OCc1ccccc1. The summed E-state index contributed by atoms with van der Waals surface area (Å²) in [7, 11) is 0. The molecule has 3 aromatic rings. The molecule has 1 amide bonds. The van der Waals surface area contributed by atoms with Gasteiger partial charge in [-0.2, -0.15) is 5.26 Å². The van der Waals surface area contributed by atoms with Crippen molar-refractivity contribution >= 4 is 23.0 Å². The molecule has 0 bridgehead atoms. The molecule has 0 unspecified atom stereocenters. The summed E-state index contributed by atoms with van der Waals surface area (Å²) in [6.45, 7) is 1.55. The third-order valence-electron chi connectivity index (χ3n) is 4.36. The maximum atomic E-state index is 12.5.